The Labute approximate surface area is 263 Å². The molecular formula is C34H41N7O4. The minimum atomic E-state index is -0.624. The number of alkyl carbamates (subject to hydrolysis) is 1. The lowest BCUT2D eigenvalue weighted by atomic mass is 10.1. The first-order valence-corrected chi connectivity index (χ1v) is 15.4. The molecule has 45 heavy (non-hydrogen) atoms. The summed E-state index contributed by atoms with van der Waals surface area (Å²) in [5, 5.41) is 14.0. The van der Waals surface area contributed by atoms with Gasteiger partial charge in [0.1, 0.15) is 23.3 Å². The molecule has 2 aromatic heterocycles. The van der Waals surface area contributed by atoms with Crippen LogP contribution < -0.4 is 15.5 Å². The lowest BCUT2D eigenvalue weighted by Crippen LogP contribution is -2.33. The molecule has 236 valence electrons. The first-order chi connectivity index (χ1) is 21.8. The number of ether oxygens (including phenoxy) is 1. The zero-order valence-electron chi connectivity index (χ0n) is 26.1. The van der Waals surface area contributed by atoms with Crippen LogP contribution in [0.25, 0.3) is 11.0 Å². The highest BCUT2D eigenvalue weighted by molar-refractivity contribution is 6.07. The highest BCUT2D eigenvalue weighted by atomic mass is 16.5. The van der Waals surface area contributed by atoms with Gasteiger partial charge in [0.15, 0.2) is 0 Å². The third-order valence-electron chi connectivity index (χ3n) is 7.48. The Morgan fingerprint density at radius 1 is 0.978 bits per heavy atom. The van der Waals surface area contributed by atoms with Crippen molar-refractivity contribution in [2.45, 2.75) is 58.9 Å². The highest BCUT2D eigenvalue weighted by Gasteiger charge is 2.21. The van der Waals surface area contributed by atoms with Gasteiger partial charge in [0.2, 0.25) is 0 Å². The predicted octanol–water partition coefficient (Wildman–Crippen LogP) is 6.23. The van der Waals surface area contributed by atoms with Crippen molar-refractivity contribution < 1.29 is 19.1 Å². The molecule has 11 nitrogen and oxygen atoms in total. The van der Waals surface area contributed by atoms with E-state index in [1.165, 1.54) is 4.90 Å². The summed E-state index contributed by atoms with van der Waals surface area (Å²) in [6, 6.07) is 17.9. The Kier molecular flexibility index (Phi) is 11.8. The van der Waals surface area contributed by atoms with Gasteiger partial charge in [0.05, 0.1) is 24.2 Å². The zero-order chi connectivity index (χ0) is 32.2. The van der Waals surface area contributed by atoms with E-state index in [1.54, 1.807) is 42.6 Å². The van der Waals surface area contributed by atoms with Gasteiger partial charge in [0.25, 0.3) is 5.91 Å². The molecule has 0 saturated carbocycles. The number of ketones is 1. The number of unbranched alkanes of at least 4 members (excludes halogenated alkanes) is 3. The van der Waals surface area contributed by atoms with E-state index in [1.807, 2.05) is 42.8 Å². The van der Waals surface area contributed by atoms with Crippen LogP contribution in [0.15, 0.2) is 66.9 Å². The fourth-order valence-corrected chi connectivity index (χ4v) is 4.78. The van der Waals surface area contributed by atoms with Crippen LogP contribution in [0.5, 0.6) is 0 Å². The Hall–Kier alpha value is -5.06. The number of amides is 2. The highest BCUT2D eigenvalue weighted by Crippen LogP contribution is 2.21. The average molecular weight is 612 g/mol. The first kappa shape index (κ1) is 32.8. The second-order valence-corrected chi connectivity index (χ2v) is 10.7. The van der Waals surface area contributed by atoms with Crippen molar-refractivity contribution in [2.24, 2.45) is 7.05 Å². The van der Waals surface area contributed by atoms with Crippen LogP contribution in [-0.4, -0.2) is 51.3 Å². The molecule has 0 saturated heterocycles. The average Bonchev–Trinajstić information content (AvgIpc) is 3.38. The van der Waals surface area contributed by atoms with E-state index >= 15 is 0 Å². The number of carbonyl (C=O) groups is 3. The number of aromatic nitrogens is 3. The number of imidazole rings is 1. The Morgan fingerprint density at radius 2 is 1.76 bits per heavy atom. The van der Waals surface area contributed by atoms with Gasteiger partial charge in [-0.2, -0.15) is 0 Å². The van der Waals surface area contributed by atoms with E-state index in [-0.39, 0.29) is 30.5 Å². The number of pyridine rings is 1. The normalized spacial score (nSPS) is 10.8. The lowest BCUT2D eigenvalue weighted by molar-refractivity contribution is -0.118. The van der Waals surface area contributed by atoms with Crippen molar-refractivity contribution in [3.63, 3.8) is 0 Å². The number of anilines is 2. The number of carbonyl (C=O) groups excluding carboxylic acids is 3. The summed E-state index contributed by atoms with van der Waals surface area (Å²) in [5.74, 6) is 1.07. The van der Waals surface area contributed by atoms with Gasteiger partial charge in [-0.3, -0.25) is 25.2 Å². The van der Waals surface area contributed by atoms with Crippen LogP contribution in [0.1, 0.15) is 74.1 Å². The van der Waals surface area contributed by atoms with E-state index in [0.717, 1.165) is 42.7 Å². The molecule has 0 spiro atoms. The fraction of sp³-hybridized carbons (Fsp3) is 0.353. The maximum atomic E-state index is 13.6. The molecule has 3 N–H and O–H groups in total. The van der Waals surface area contributed by atoms with Gasteiger partial charge in [0, 0.05) is 49.4 Å². The van der Waals surface area contributed by atoms with E-state index in [0.29, 0.717) is 42.0 Å². The third-order valence-corrected chi connectivity index (χ3v) is 7.48. The molecular weight excluding hydrogens is 570 g/mol. The quantitative estimate of drug-likeness (QED) is 0.0822. The summed E-state index contributed by atoms with van der Waals surface area (Å²) in [7, 11) is 1.92. The minimum absolute atomic E-state index is 0.0283. The van der Waals surface area contributed by atoms with Crippen molar-refractivity contribution in [3.8, 4) is 0 Å². The van der Waals surface area contributed by atoms with Crippen LogP contribution in [0, 0.1) is 5.41 Å². The predicted molar refractivity (Wildman–Crippen MR) is 176 cm³/mol. The molecule has 0 aliphatic heterocycles. The molecule has 2 heterocycles. The van der Waals surface area contributed by atoms with Crippen molar-refractivity contribution in [3.05, 3.63) is 83.8 Å². The molecule has 0 atom stereocenters. The molecule has 2 amide bonds. The number of benzene rings is 2. The molecule has 0 bridgehead atoms. The number of amidine groups is 1. The summed E-state index contributed by atoms with van der Waals surface area (Å²) in [5.41, 5.74) is 3.39. The van der Waals surface area contributed by atoms with E-state index < -0.39 is 6.09 Å². The molecule has 2 aromatic carbocycles. The summed E-state index contributed by atoms with van der Waals surface area (Å²) in [6.45, 7) is 4.94. The number of rotatable bonds is 15. The zero-order valence-corrected chi connectivity index (χ0v) is 26.1. The molecule has 4 aromatic rings. The number of hydrogen-bond acceptors (Lipinski definition) is 8. The number of hydrogen-bond donors (Lipinski definition) is 3. The van der Waals surface area contributed by atoms with Crippen molar-refractivity contribution >= 4 is 46.2 Å². The van der Waals surface area contributed by atoms with Crippen LogP contribution in [-0.2, 0) is 23.1 Å². The summed E-state index contributed by atoms with van der Waals surface area (Å²) >= 11 is 0. The summed E-state index contributed by atoms with van der Waals surface area (Å²) in [6.07, 6.45) is 5.72. The fourth-order valence-electron chi connectivity index (χ4n) is 4.78. The van der Waals surface area contributed by atoms with Gasteiger partial charge >= 0.3 is 6.09 Å². The Morgan fingerprint density at radius 3 is 2.47 bits per heavy atom. The lowest BCUT2D eigenvalue weighted by Gasteiger charge is -2.21. The topological polar surface area (TPSA) is 142 Å². The van der Waals surface area contributed by atoms with Crippen molar-refractivity contribution in [1.29, 1.82) is 5.41 Å². The molecule has 11 heteroatoms. The third kappa shape index (κ3) is 8.98. The van der Waals surface area contributed by atoms with Crippen LogP contribution >= 0.6 is 0 Å². The van der Waals surface area contributed by atoms with E-state index in [4.69, 9.17) is 15.1 Å². The Bertz CT molecular complexity index is 1620. The van der Waals surface area contributed by atoms with Gasteiger partial charge < -0.3 is 14.6 Å². The van der Waals surface area contributed by atoms with Crippen molar-refractivity contribution in [2.75, 3.05) is 23.4 Å². The van der Waals surface area contributed by atoms with Crippen molar-refractivity contribution in [1.82, 2.24) is 19.9 Å². The maximum absolute atomic E-state index is 13.6. The number of nitrogens with one attached hydrogen (secondary N) is 3. The summed E-state index contributed by atoms with van der Waals surface area (Å²) in [4.78, 5) is 48.2. The minimum Gasteiger partial charge on any atom is -0.449 e. The smallest absolute Gasteiger partial charge is 0.412 e. The standard InChI is InChI=1S/C34H41N7O4/c1-4-6-7-10-21-45-34(44)39-32(35)24-12-15-26(16-13-24)37-23-31-38-28-22-25(14-17-29(28)40(31)3)33(43)41(20-18-27(42)5-2)30-11-8-9-19-36-30/h8-9,11-17,19,22,37H,4-7,10,18,20-21,23H2,1-3H3,(H2,35,39,44). The number of Topliss-reactive ketones (excluding diaryl/α,β-unsaturated/α-hetero) is 1. The van der Waals surface area contributed by atoms with Gasteiger partial charge in [-0.15, -0.1) is 0 Å². The maximum Gasteiger partial charge on any atom is 0.412 e. The number of fused-ring (bicyclic) bond motifs is 1. The second kappa shape index (κ2) is 16.1. The number of nitrogens with zero attached hydrogens (tertiary/aromatic N) is 4. The van der Waals surface area contributed by atoms with Gasteiger partial charge in [-0.05, 0) is 61.0 Å². The molecule has 0 aliphatic rings. The molecule has 0 fully saturated rings. The molecule has 0 unspecified atom stereocenters. The second-order valence-electron chi connectivity index (χ2n) is 10.7. The Balaban J connectivity index is 1.38. The monoisotopic (exact) mass is 611 g/mol. The van der Waals surface area contributed by atoms with Gasteiger partial charge in [-0.25, -0.2) is 14.8 Å². The van der Waals surface area contributed by atoms with E-state index in [9.17, 15) is 14.4 Å². The SMILES string of the molecule is CCCCCCOC(=O)NC(=N)c1ccc(NCc2nc3cc(C(=O)N(CCC(=O)CC)c4ccccn4)ccc3n2C)cc1. The van der Waals surface area contributed by atoms with Gasteiger partial charge in [-0.1, -0.05) is 39.2 Å². The van der Waals surface area contributed by atoms with Crippen LogP contribution in [0.2, 0.25) is 0 Å². The van der Waals surface area contributed by atoms with Crippen LogP contribution in [0.3, 0.4) is 0 Å². The van der Waals surface area contributed by atoms with E-state index in [2.05, 4.69) is 22.5 Å². The largest absolute Gasteiger partial charge is 0.449 e. The molecule has 4 rings (SSSR count). The molecule has 0 radical (unpaired) electrons. The summed E-state index contributed by atoms with van der Waals surface area (Å²) < 4.78 is 7.12. The number of aryl methyl sites for hydroxylation is 1. The van der Waals surface area contributed by atoms with Crippen LogP contribution in [0.4, 0.5) is 16.3 Å². The first-order valence-electron chi connectivity index (χ1n) is 15.4. The molecule has 0 aliphatic carbocycles.